The average Bonchev–Trinajstić information content (AvgIpc) is 3.23. The molecule has 0 amide bonds. The molecule has 0 atom stereocenters. The lowest BCUT2D eigenvalue weighted by molar-refractivity contribution is 0.0733. The SMILES string of the molecule is Cc1cc2oc(=O)cc(-c3cc4ccccc4o3)c2cc1OC(=O)c1ccc(C(C)(C)C)cc1. The largest absolute Gasteiger partial charge is 0.456 e. The third kappa shape index (κ3) is 4.01. The lowest BCUT2D eigenvalue weighted by atomic mass is 9.87. The molecule has 0 aliphatic heterocycles. The van der Waals surface area contributed by atoms with Gasteiger partial charge >= 0.3 is 11.6 Å². The molecule has 5 rings (SSSR count). The van der Waals surface area contributed by atoms with Gasteiger partial charge in [-0.2, -0.15) is 0 Å². The summed E-state index contributed by atoms with van der Waals surface area (Å²) in [5.41, 5.74) is 3.48. The van der Waals surface area contributed by atoms with Crippen LogP contribution in [0.15, 0.2) is 86.4 Å². The number of carbonyl (C=O) groups is 1. The molecule has 5 nitrogen and oxygen atoms in total. The minimum atomic E-state index is -0.481. The number of carbonyl (C=O) groups excluding carboxylic acids is 1. The standard InChI is InChI=1S/C29H24O5/c1-17-13-25-21(15-24(17)34-28(31)18-9-11-20(12-10-18)29(2,3)4)22(16-27(30)33-25)26-14-19-7-5-6-8-23(19)32-26/h5-16H,1-4H3. The fraction of sp³-hybridized carbons (Fsp3) is 0.172. The predicted molar refractivity (Wildman–Crippen MR) is 133 cm³/mol. The van der Waals surface area contributed by atoms with Crippen molar-refractivity contribution < 1.29 is 18.4 Å². The van der Waals surface area contributed by atoms with E-state index in [1.165, 1.54) is 6.07 Å². The molecule has 0 saturated carbocycles. The Balaban J connectivity index is 1.55. The highest BCUT2D eigenvalue weighted by atomic mass is 16.5. The number of aryl methyl sites for hydroxylation is 1. The minimum Gasteiger partial charge on any atom is -0.456 e. The molecule has 170 valence electrons. The molecule has 0 aliphatic rings. The number of hydrogen-bond acceptors (Lipinski definition) is 5. The number of rotatable bonds is 3. The number of para-hydroxylation sites is 1. The highest BCUT2D eigenvalue weighted by Gasteiger charge is 2.18. The van der Waals surface area contributed by atoms with Crippen molar-refractivity contribution in [3.8, 4) is 17.1 Å². The maximum Gasteiger partial charge on any atom is 0.343 e. The van der Waals surface area contributed by atoms with Crippen molar-refractivity contribution in [3.63, 3.8) is 0 Å². The molecule has 34 heavy (non-hydrogen) atoms. The maximum absolute atomic E-state index is 12.9. The van der Waals surface area contributed by atoms with Gasteiger partial charge in [-0.15, -0.1) is 0 Å². The van der Waals surface area contributed by atoms with Crippen molar-refractivity contribution in [2.45, 2.75) is 33.1 Å². The molecule has 2 aromatic heterocycles. The van der Waals surface area contributed by atoms with Crippen LogP contribution in [0.5, 0.6) is 5.75 Å². The van der Waals surface area contributed by atoms with E-state index in [0.29, 0.717) is 39.2 Å². The fourth-order valence-electron chi connectivity index (χ4n) is 3.98. The van der Waals surface area contributed by atoms with Gasteiger partial charge in [-0.3, -0.25) is 0 Å². The lowest BCUT2D eigenvalue weighted by Crippen LogP contribution is -2.13. The van der Waals surface area contributed by atoms with Gasteiger partial charge in [0.2, 0.25) is 0 Å². The topological polar surface area (TPSA) is 69.7 Å². The van der Waals surface area contributed by atoms with Gasteiger partial charge in [-0.1, -0.05) is 51.1 Å². The summed E-state index contributed by atoms with van der Waals surface area (Å²) in [5.74, 6) is 0.479. The van der Waals surface area contributed by atoms with Gasteiger partial charge in [0.05, 0.1) is 5.56 Å². The molecule has 0 spiro atoms. The molecule has 0 radical (unpaired) electrons. The quantitative estimate of drug-likeness (QED) is 0.167. The van der Waals surface area contributed by atoms with Crippen molar-refractivity contribution in [1.82, 2.24) is 0 Å². The summed E-state index contributed by atoms with van der Waals surface area (Å²) < 4.78 is 17.2. The van der Waals surface area contributed by atoms with Crippen molar-refractivity contribution in [2.75, 3.05) is 0 Å². The van der Waals surface area contributed by atoms with Crippen LogP contribution in [-0.2, 0) is 5.41 Å². The Labute approximate surface area is 196 Å². The van der Waals surface area contributed by atoms with E-state index in [-0.39, 0.29) is 5.41 Å². The molecule has 5 heteroatoms. The van der Waals surface area contributed by atoms with Crippen LogP contribution < -0.4 is 10.4 Å². The van der Waals surface area contributed by atoms with E-state index in [4.69, 9.17) is 13.6 Å². The maximum atomic E-state index is 12.9. The first-order valence-corrected chi connectivity index (χ1v) is 11.1. The Morgan fingerprint density at radius 2 is 1.59 bits per heavy atom. The van der Waals surface area contributed by atoms with E-state index in [1.54, 1.807) is 31.2 Å². The lowest BCUT2D eigenvalue weighted by Gasteiger charge is -2.19. The molecule has 2 heterocycles. The van der Waals surface area contributed by atoms with Crippen LogP contribution >= 0.6 is 0 Å². The third-order valence-corrected chi connectivity index (χ3v) is 5.92. The Hall–Kier alpha value is -4.12. The van der Waals surface area contributed by atoms with Crippen LogP contribution in [0.3, 0.4) is 0 Å². The highest BCUT2D eigenvalue weighted by Crippen LogP contribution is 2.35. The van der Waals surface area contributed by atoms with Gasteiger partial charge in [-0.05, 0) is 59.9 Å². The van der Waals surface area contributed by atoms with E-state index < -0.39 is 11.6 Å². The summed E-state index contributed by atoms with van der Waals surface area (Å²) in [6.07, 6.45) is 0. The monoisotopic (exact) mass is 452 g/mol. The van der Waals surface area contributed by atoms with Crippen molar-refractivity contribution >= 4 is 27.9 Å². The summed E-state index contributed by atoms with van der Waals surface area (Å²) in [7, 11) is 0. The summed E-state index contributed by atoms with van der Waals surface area (Å²) in [4.78, 5) is 25.1. The molecule has 0 aliphatic carbocycles. The highest BCUT2D eigenvalue weighted by molar-refractivity contribution is 5.97. The Morgan fingerprint density at radius 3 is 2.29 bits per heavy atom. The minimum absolute atomic E-state index is 0.00562. The second kappa shape index (κ2) is 8.03. The number of fused-ring (bicyclic) bond motifs is 2. The molecular weight excluding hydrogens is 428 g/mol. The van der Waals surface area contributed by atoms with E-state index >= 15 is 0 Å². The van der Waals surface area contributed by atoms with E-state index in [2.05, 4.69) is 20.8 Å². The van der Waals surface area contributed by atoms with Crippen LogP contribution in [0.25, 0.3) is 33.3 Å². The molecule has 5 aromatic rings. The first kappa shape index (κ1) is 21.7. The number of esters is 1. The summed E-state index contributed by atoms with van der Waals surface area (Å²) >= 11 is 0. The van der Waals surface area contributed by atoms with Gasteiger partial charge < -0.3 is 13.6 Å². The molecular formula is C29H24O5. The Bertz CT molecular complexity index is 1560. The number of furan rings is 1. The first-order valence-electron chi connectivity index (χ1n) is 11.1. The molecule has 0 bridgehead atoms. The molecule has 0 fully saturated rings. The van der Waals surface area contributed by atoms with Crippen molar-refractivity contribution in [2.24, 2.45) is 0 Å². The van der Waals surface area contributed by atoms with Crippen LogP contribution in [0.4, 0.5) is 0 Å². The van der Waals surface area contributed by atoms with E-state index in [9.17, 15) is 9.59 Å². The number of ether oxygens (including phenoxy) is 1. The second-order valence-electron chi connectivity index (χ2n) is 9.46. The molecule has 0 unspecified atom stereocenters. The summed E-state index contributed by atoms with van der Waals surface area (Å²) in [6.45, 7) is 8.17. The average molecular weight is 453 g/mol. The smallest absolute Gasteiger partial charge is 0.343 e. The molecule has 0 saturated heterocycles. The van der Waals surface area contributed by atoms with Crippen molar-refractivity contribution in [3.05, 3.63) is 99.9 Å². The Kier molecular flexibility index (Phi) is 5.13. The second-order valence-corrected chi connectivity index (χ2v) is 9.46. The van der Waals surface area contributed by atoms with Gasteiger partial charge in [-0.25, -0.2) is 9.59 Å². The van der Waals surface area contributed by atoms with Crippen LogP contribution in [0.1, 0.15) is 42.3 Å². The zero-order valence-electron chi connectivity index (χ0n) is 19.5. The summed E-state index contributed by atoms with van der Waals surface area (Å²) in [6, 6.07) is 21.8. The number of hydrogen-bond donors (Lipinski definition) is 0. The molecule has 0 N–H and O–H groups in total. The van der Waals surface area contributed by atoms with Crippen LogP contribution in [-0.4, -0.2) is 5.97 Å². The number of benzene rings is 3. The van der Waals surface area contributed by atoms with Gasteiger partial charge in [0.15, 0.2) is 0 Å². The zero-order valence-corrected chi connectivity index (χ0v) is 19.5. The normalized spacial score (nSPS) is 11.8. The van der Waals surface area contributed by atoms with Crippen LogP contribution in [0.2, 0.25) is 0 Å². The Morgan fingerprint density at radius 1 is 0.853 bits per heavy atom. The van der Waals surface area contributed by atoms with Crippen LogP contribution in [0, 0.1) is 6.92 Å². The van der Waals surface area contributed by atoms with Gasteiger partial charge in [0, 0.05) is 22.4 Å². The van der Waals surface area contributed by atoms with E-state index in [0.717, 1.165) is 16.5 Å². The zero-order chi connectivity index (χ0) is 24.0. The summed E-state index contributed by atoms with van der Waals surface area (Å²) in [5, 5.41) is 1.55. The first-order chi connectivity index (χ1) is 16.2. The predicted octanol–water partition coefficient (Wildman–Crippen LogP) is 7.03. The van der Waals surface area contributed by atoms with Crippen molar-refractivity contribution in [1.29, 1.82) is 0 Å². The third-order valence-electron chi connectivity index (χ3n) is 5.92. The van der Waals surface area contributed by atoms with E-state index in [1.807, 2.05) is 42.5 Å². The molecule has 3 aromatic carbocycles. The fourth-order valence-corrected chi connectivity index (χ4v) is 3.98. The van der Waals surface area contributed by atoms with Gasteiger partial charge in [0.1, 0.15) is 22.7 Å². The van der Waals surface area contributed by atoms with Gasteiger partial charge in [0.25, 0.3) is 0 Å².